The fourth-order valence-electron chi connectivity index (χ4n) is 3.11. The largest absolute Gasteiger partial charge is 0.388 e. The minimum Gasteiger partial charge on any atom is -0.388 e. The van der Waals surface area contributed by atoms with Gasteiger partial charge in [-0.1, -0.05) is 18.6 Å². The number of rotatable bonds is 2. The third-order valence-electron chi connectivity index (χ3n) is 4.90. The lowest BCUT2D eigenvalue weighted by atomic mass is 9.84. The van der Waals surface area contributed by atoms with Gasteiger partial charge in [0.15, 0.2) is 5.78 Å². The van der Waals surface area contributed by atoms with Crippen molar-refractivity contribution < 1.29 is 14.6 Å². The molecule has 0 aromatic heterocycles. The van der Waals surface area contributed by atoms with Crippen molar-refractivity contribution in [3.63, 3.8) is 0 Å². The Hall–Kier alpha value is -0.930. The fraction of sp³-hybridized carbons (Fsp3) is 0.750. The van der Waals surface area contributed by atoms with Crippen LogP contribution in [-0.2, 0) is 9.53 Å². The summed E-state index contributed by atoms with van der Waals surface area (Å²) in [7, 11) is 0. The van der Waals surface area contributed by atoms with Crippen LogP contribution < -0.4 is 0 Å². The van der Waals surface area contributed by atoms with Crippen molar-refractivity contribution >= 4 is 5.78 Å². The van der Waals surface area contributed by atoms with E-state index in [1.54, 1.807) is 13.8 Å². The van der Waals surface area contributed by atoms with Crippen molar-refractivity contribution in [1.29, 1.82) is 0 Å². The molecule has 0 radical (unpaired) electrons. The molecule has 0 aromatic carbocycles. The summed E-state index contributed by atoms with van der Waals surface area (Å²) in [5.41, 5.74) is 1.33. The van der Waals surface area contributed by atoms with E-state index in [0.717, 1.165) is 31.3 Å². The van der Waals surface area contributed by atoms with Crippen LogP contribution in [0.2, 0.25) is 0 Å². The van der Waals surface area contributed by atoms with Gasteiger partial charge in [0.25, 0.3) is 0 Å². The van der Waals surface area contributed by atoms with Gasteiger partial charge in [0, 0.05) is 6.42 Å². The van der Waals surface area contributed by atoms with Crippen LogP contribution in [0, 0.1) is 5.92 Å². The van der Waals surface area contributed by atoms with E-state index in [-0.39, 0.29) is 11.7 Å². The van der Waals surface area contributed by atoms with E-state index in [1.807, 2.05) is 26.8 Å². The molecule has 0 amide bonds. The van der Waals surface area contributed by atoms with Gasteiger partial charge in [-0.15, -0.1) is 6.58 Å². The highest BCUT2D eigenvalue weighted by Crippen LogP contribution is 2.35. The van der Waals surface area contributed by atoms with Gasteiger partial charge in [0.05, 0.1) is 17.3 Å². The first-order chi connectivity index (χ1) is 10.5. The molecule has 3 heteroatoms. The molecule has 3 atom stereocenters. The molecule has 23 heavy (non-hydrogen) atoms. The minimum atomic E-state index is -0.735. The fourth-order valence-corrected chi connectivity index (χ4v) is 3.11. The molecule has 1 aliphatic heterocycles. The molecule has 2 fully saturated rings. The maximum absolute atomic E-state index is 11.4. The molecule has 0 spiro atoms. The van der Waals surface area contributed by atoms with Gasteiger partial charge < -0.3 is 9.84 Å². The van der Waals surface area contributed by atoms with Crippen LogP contribution in [0.1, 0.15) is 73.6 Å². The van der Waals surface area contributed by atoms with Crippen molar-refractivity contribution in [1.82, 2.24) is 0 Å². The van der Waals surface area contributed by atoms with Crippen molar-refractivity contribution in [2.75, 3.05) is 0 Å². The van der Waals surface area contributed by atoms with Crippen molar-refractivity contribution in [2.45, 2.75) is 91.0 Å². The minimum absolute atomic E-state index is 0.0551. The number of hydrogen-bond donors (Lipinski definition) is 1. The van der Waals surface area contributed by atoms with E-state index in [0.29, 0.717) is 11.7 Å². The first-order valence-corrected chi connectivity index (χ1v) is 8.72. The third-order valence-corrected chi connectivity index (χ3v) is 4.90. The van der Waals surface area contributed by atoms with E-state index in [1.165, 1.54) is 12.0 Å². The van der Waals surface area contributed by atoms with Gasteiger partial charge >= 0.3 is 0 Å². The number of ether oxygens (including phenoxy) is 1. The summed E-state index contributed by atoms with van der Waals surface area (Å²) >= 11 is 0. The van der Waals surface area contributed by atoms with Crippen LogP contribution in [0.3, 0.4) is 0 Å². The van der Waals surface area contributed by atoms with E-state index < -0.39 is 5.60 Å². The van der Waals surface area contributed by atoms with Gasteiger partial charge in [-0.3, -0.25) is 4.79 Å². The second-order valence-corrected chi connectivity index (χ2v) is 8.07. The quantitative estimate of drug-likeness (QED) is 0.597. The molecule has 2 aliphatic rings. The number of Topliss-reactive ketones (excluding diaryl/α,β-unsaturated/α-hetero) is 1. The Labute approximate surface area is 141 Å². The normalized spacial score (nSPS) is 31.4. The summed E-state index contributed by atoms with van der Waals surface area (Å²) in [5, 5.41) is 9.69. The van der Waals surface area contributed by atoms with Crippen LogP contribution in [-0.4, -0.2) is 28.2 Å². The SMILES string of the molecule is C=C[C@]1(C)CC[C@H](C(C)(C)O)O1.CC(C)=C1CC[C@@H](C)CC1=O. The Morgan fingerprint density at radius 1 is 1.39 bits per heavy atom. The predicted octanol–water partition coefficient (Wildman–Crippen LogP) is 4.59. The Balaban J connectivity index is 0.000000231. The zero-order valence-corrected chi connectivity index (χ0v) is 15.7. The topological polar surface area (TPSA) is 46.5 Å². The number of allylic oxidation sites excluding steroid dienone is 2. The first-order valence-electron chi connectivity index (χ1n) is 8.72. The summed E-state index contributed by atoms with van der Waals surface area (Å²) in [6.45, 7) is 15.5. The number of aliphatic hydroxyl groups is 1. The molecule has 0 unspecified atom stereocenters. The molecule has 1 N–H and O–H groups in total. The zero-order valence-electron chi connectivity index (χ0n) is 15.7. The number of carbonyl (C=O) groups is 1. The predicted molar refractivity (Wildman–Crippen MR) is 95.4 cm³/mol. The first kappa shape index (κ1) is 20.1. The second-order valence-electron chi connectivity index (χ2n) is 8.07. The molecule has 1 saturated heterocycles. The lowest BCUT2D eigenvalue weighted by molar-refractivity contribution is -0.117. The third kappa shape index (κ3) is 5.89. The van der Waals surface area contributed by atoms with Crippen LogP contribution in [0.15, 0.2) is 23.8 Å². The molecule has 1 saturated carbocycles. The van der Waals surface area contributed by atoms with Crippen LogP contribution in [0.4, 0.5) is 0 Å². The van der Waals surface area contributed by atoms with Gasteiger partial charge in [-0.25, -0.2) is 0 Å². The summed E-state index contributed by atoms with van der Waals surface area (Å²) in [5.74, 6) is 0.981. The molecule has 132 valence electrons. The molecule has 0 bridgehead atoms. The molecule has 0 aromatic rings. The number of carbonyl (C=O) groups excluding carboxylic acids is 1. The number of hydrogen-bond acceptors (Lipinski definition) is 3. The van der Waals surface area contributed by atoms with Crippen molar-refractivity contribution in [2.24, 2.45) is 5.92 Å². The molecular formula is C20H34O3. The molecule has 3 nitrogen and oxygen atoms in total. The van der Waals surface area contributed by atoms with Crippen LogP contribution in [0.25, 0.3) is 0 Å². The molecule has 2 rings (SSSR count). The lowest BCUT2D eigenvalue weighted by Crippen LogP contribution is -2.37. The average molecular weight is 322 g/mol. The summed E-state index contributed by atoms with van der Waals surface area (Å²) in [6.07, 6.45) is 6.57. The highest BCUT2D eigenvalue weighted by molar-refractivity contribution is 5.96. The maximum atomic E-state index is 11.4. The highest BCUT2D eigenvalue weighted by atomic mass is 16.5. The molecule has 1 aliphatic carbocycles. The Morgan fingerprint density at radius 3 is 2.35 bits per heavy atom. The maximum Gasteiger partial charge on any atom is 0.159 e. The van der Waals surface area contributed by atoms with Crippen LogP contribution >= 0.6 is 0 Å². The van der Waals surface area contributed by atoms with Gasteiger partial charge in [-0.05, 0) is 71.8 Å². The Kier molecular flexibility index (Phi) is 6.79. The van der Waals surface area contributed by atoms with Gasteiger partial charge in [0.2, 0.25) is 0 Å². The monoisotopic (exact) mass is 322 g/mol. The van der Waals surface area contributed by atoms with Crippen LogP contribution in [0.5, 0.6) is 0 Å². The van der Waals surface area contributed by atoms with E-state index in [4.69, 9.17) is 4.74 Å². The summed E-state index contributed by atoms with van der Waals surface area (Å²) in [6, 6.07) is 0. The smallest absolute Gasteiger partial charge is 0.159 e. The second kappa shape index (κ2) is 7.76. The van der Waals surface area contributed by atoms with Crippen molar-refractivity contribution in [3.05, 3.63) is 23.8 Å². The summed E-state index contributed by atoms with van der Waals surface area (Å²) in [4.78, 5) is 11.4. The summed E-state index contributed by atoms with van der Waals surface area (Å²) < 4.78 is 5.69. The average Bonchev–Trinajstić information content (AvgIpc) is 2.82. The Morgan fingerprint density at radius 2 is 2.00 bits per heavy atom. The zero-order chi connectivity index (χ0) is 17.8. The Bertz CT molecular complexity index is 466. The standard InChI is InChI=1S/C10H18O2.C10H16O/c1-5-10(4)7-6-8(12-10)9(2,3)11;1-7(2)9-5-4-8(3)6-10(9)11/h5,8,11H,1,6-7H2,2-4H3;8H,4-6H2,1-3H3/t8-,10-;8-/m11/s1. The van der Waals surface area contributed by atoms with E-state index in [9.17, 15) is 9.90 Å². The van der Waals surface area contributed by atoms with Gasteiger partial charge in [0.1, 0.15) is 0 Å². The van der Waals surface area contributed by atoms with Crippen molar-refractivity contribution in [3.8, 4) is 0 Å². The molecular weight excluding hydrogens is 288 g/mol. The molecule has 1 heterocycles. The lowest BCUT2D eigenvalue weighted by Gasteiger charge is -2.28. The van der Waals surface area contributed by atoms with E-state index >= 15 is 0 Å². The van der Waals surface area contributed by atoms with Gasteiger partial charge in [-0.2, -0.15) is 0 Å². The number of ketones is 1. The van der Waals surface area contributed by atoms with E-state index in [2.05, 4.69) is 13.5 Å². The highest BCUT2D eigenvalue weighted by Gasteiger charge is 2.40.